The molecule has 3 rings (SSSR count). The zero-order chi connectivity index (χ0) is 14.1. The standard InChI is InChI=1S/C16H23BrN2O/c1-18-14-4-5-15(18)11-19(8-7-14)10-12-9-13(17)3-6-16(12)20-2/h3,6,9,14-15H,4-5,7-8,10-11H2,1-2H3. The lowest BCUT2D eigenvalue weighted by Gasteiger charge is -2.26. The summed E-state index contributed by atoms with van der Waals surface area (Å²) in [4.78, 5) is 5.18. The molecule has 4 heteroatoms. The summed E-state index contributed by atoms with van der Waals surface area (Å²) in [7, 11) is 4.05. The molecule has 2 aliphatic rings. The van der Waals surface area contributed by atoms with Crippen molar-refractivity contribution in [3.8, 4) is 5.75 Å². The molecule has 2 atom stereocenters. The lowest BCUT2D eigenvalue weighted by atomic mass is 10.1. The topological polar surface area (TPSA) is 15.7 Å². The Morgan fingerprint density at radius 3 is 2.85 bits per heavy atom. The van der Waals surface area contributed by atoms with Crippen LogP contribution in [0.2, 0.25) is 0 Å². The Balaban J connectivity index is 1.73. The van der Waals surface area contributed by atoms with Crippen molar-refractivity contribution in [1.29, 1.82) is 0 Å². The van der Waals surface area contributed by atoms with Gasteiger partial charge in [0.2, 0.25) is 0 Å². The summed E-state index contributed by atoms with van der Waals surface area (Å²) in [6.07, 6.45) is 4.03. The van der Waals surface area contributed by atoms with E-state index < -0.39 is 0 Å². The number of benzene rings is 1. The van der Waals surface area contributed by atoms with Gasteiger partial charge in [-0.1, -0.05) is 15.9 Å². The van der Waals surface area contributed by atoms with Crippen LogP contribution in [0.4, 0.5) is 0 Å². The highest BCUT2D eigenvalue weighted by Gasteiger charge is 2.34. The highest BCUT2D eigenvalue weighted by atomic mass is 79.9. The van der Waals surface area contributed by atoms with Gasteiger partial charge in [-0.25, -0.2) is 0 Å². The van der Waals surface area contributed by atoms with Crippen molar-refractivity contribution in [3.63, 3.8) is 0 Å². The Labute approximate surface area is 130 Å². The molecule has 0 saturated carbocycles. The summed E-state index contributed by atoms with van der Waals surface area (Å²) in [6, 6.07) is 7.82. The van der Waals surface area contributed by atoms with Gasteiger partial charge in [-0.2, -0.15) is 0 Å². The van der Waals surface area contributed by atoms with E-state index in [1.165, 1.54) is 37.9 Å². The van der Waals surface area contributed by atoms with Crippen LogP contribution in [0.15, 0.2) is 22.7 Å². The van der Waals surface area contributed by atoms with E-state index in [9.17, 15) is 0 Å². The maximum absolute atomic E-state index is 5.50. The molecule has 3 nitrogen and oxygen atoms in total. The minimum absolute atomic E-state index is 0.737. The van der Waals surface area contributed by atoms with Crippen LogP contribution >= 0.6 is 15.9 Å². The highest BCUT2D eigenvalue weighted by molar-refractivity contribution is 9.10. The second-order valence-electron chi connectivity index (χ2n) is 6.03. The first kappa shape index (κ1) is 14.4. The molecule has 2 heterocycles. The van der Waals surface area contributed by atoms with Gasteiger partial charge in [0.05, 0.1) is 7.11 Å². The Morgan fingerprint density at radius 1 is 1.25 bits per heavy atom. The third-order valence-electron chi connectivity index (χ3n) is 4.87. The number of halogens is 1. The van der Waals surface area contributed by atoms with Crippen molar-refractivity contribution >= 4 is 15.9 Å². The fraction of sp³-hybridized carbons (Fsp3) is 0.625. The lowest BCUT2D eigenvalue weighted by Crippen LogP contribution is -2.36. The average molecular weight is 339 g/mol. The molecule has 0 spiro atoms. The van der Waals surface area contributed by atoms with Crippen LogP contribution < -0.4 is 4.74 Å². The number of likely N-dealkylation sites (tertiary alicyclic amines) is 1. The van der Waals surface area contributed by atoms with Gasteiger partial charge >= 0.3 is 0 Å². The summed E-state index contributed by atoms with van der Waals surface area (Å²) >= 11 is 3.57. The molecule has 2 fully saturated rings. The monoisotopic (exact) mass is 338 g/mol. The Morgan fingerprint density at radius 2 is 2.05 bits per heavy atom. The molecule has 20 heavy (non-hydrogen) atoms. The molecule has 0 amide bonds. The minimum atomic E-state index is 0.737. The van der Waals surface area contributed by atoms with Gasteiger partial charge in [-0.15, -0.1) is 0 Å². The van der Waals surface area contributed by atoms with Gasteiger partial charge in [0.25, 0.3) is 0 Å². The Kier molecular flexibility index (Phi) is 4.34. The molecule has 2 unspecified atom stereocenters. The number of ether oxygens (including phenoxy) is 1. The highest BCUT2D eigenvalue weighted by Crippen LogP contribution is 2.30. The van der Waals surface area contributed by atoms with Gasteiger partial charge < -0.3 is 4.74 Å². The van der Waals surface area contributed by atoms with E-state index in [4.69, 9.17) is 4.74 Å². The smallest absolute Gasteiger partial charge is 0.123 e. The third kappa shape index (κ3) is 2.87. The average Bonchev–Trinajstić information content (AvgIpc) is 2.67. The molecule has 2 bridgehead atoms. The van der Waals surface area contributed by atoms with Crippen LogP contribution in [0, 0.1) is 0 Å². The zero-order valence-corrected chi connectivity index (χ0v) is 13.9. The molecule has 110 valence electrons. The number of hydrogen-bond acceptors (Lipinski definition) is 3. The quantitative estimate of drug-likeness (QED) is 0.842. The van der Waals surface area contributed by atoms with E-state index in [2.05, 4.69) is 44.9 Å². The SMILES string of the molecule is COc1ccc(Br)cc1CN1CCC2CCC(C1)N2C. The molecule has 2 saturated heterocycles. The van der Waals surface area contributed by atoms with Crippen LogP contribution in [0.5, 0.6) is 5.75 Å². The number of fused-ring (bicyclic) bond motifs is 2. The lowest BCUT2D eigenvalue weighted by molar-refractivity contribution is 0.213. The van der Waals surface area contributed by atoms with Crippen molar-refractivity contribution in [2.24, 2.45) is 0 Å². The van der Waals surface area contributed by atoms with E-state index in [0.717, 1.165) is 28.9 Å². The Bertz CT molecular complexity index is 480. The largest absolute Gasteiger partial charge is 0.496 e. The number of rotatable bonds is 3. The predicted octanol–water partition coefficient (Wildman–Crippen LogP) is 3.13. The van der Waals surface area contributed by atoms with E-state index in [1.54, 1.807) is 7.11 Å². The first-order chi connectivity index (χ1) is 9.67. The first-order valence-corrected chi connectivity index (χ1v) is 8.23. The fourth-order valence-electron chi connectivity index (χ4n) is 3.63. The second-order valence-corrected chi connectivity index (χ2v) is 6.95. The molecule has 1 aromatic carbocycles. The van der Waals surface area contributed by atoms with Crippen molar-refractivity contribution in [3.05, 3.63) is 28.2 Å². The summed E-state index contributed by atoms with van der Waals surface area (Å²) in [5.74, 6) is 0.996. The van der Waals surface area contributed by atoms with Gasteiger partial charge in [0.1, 0.15) is 5.75 Å². The molecular formula is C16H23BrN2O. The third-order valence-corrected chi connectivity index (χ3v) is 5.36. The van der Waals surface area contributed by atoms with E-state index in [1.807, 2.05) is 6.07 Å². The van der Waals surface area contributed by atoms with E-state index >= 15 is 0 Å². The van der Waals surface area contributed by atoms with Gasteiger partial charge in [0.15, 0.2) is 0 Å². The molecule has 2 aliphatic heterocycles. The normalized spacial score (nSPS) is 27.6. The maximum atomic E-state index is 5.50. The van der Waals surface area contributed by atoms with Crippen molar-refractivity contribution in [2.75, 3.05) is 27.2 Å². The van der Waals surface area contributed by atoms with Crippen LogP contribution in [0.3, 0.4) is 0 Å². The number of methoxy groups -OCH3 is 1. The molecule has 1 aromatic rings. The summed E-state index contributed by atoms with van der Waals surface area (Å²) in [6.45, 7) is 3.36. The van der Waals surface area contributed by atoms with E-state index in [0.29, 0.717) is 0 Å². The minimum Gasteiger partial charge on any atom is -0.496 e. The van der Waals surface area contributed by atoms with E-state index in [-0.39, 0.29) is 0 Å². The van der Waals surface area contributed by atoms with Gasteiger partial charge in [-0.3, -0.25) is 9.80 Å². The number of likely N-dealkylation sites (N-methyl/N-ethyl adjacent to an activating group) is 1. The van der Waals surface area contributed by atoms with Crippen molar-refractivity contribution in [1.82, 2.24) is 9.80 Å². The second kappa shape index (κ2) is 6.04. The maximum Gasteiger partial charge on any atom is 0.123 e. The number of hydrogen-bond donors (Lipinski definition) is 0. The van der Waals surface area contributed by atoms with Crippen molar-refractivity contribution in [2.45, 2.75) is 37.9 Å². The first-order valence-electron chi connectivity index (χ1n) is 7.44. The molecule has 0 aliphatic carbocycles. The van der Waals surface area contributed by atoms with Crippen LogP contribution in [0.1, 0.15) is 24.8 Å². The molecule has 0 radical (unpaired) electrons. The summed E-state index contributed by atoms with van der Waals surface area (Å²) < 4.78 is 6.62. The molecular weight excluding hydrogens is 316 g/mol. The predicted molar refractivity (Wildman–Crippen MR) is 85.2 cm³/mol. The molecule has 0 N–H and O–H groups in total. The number of nitrogens with zero attached hydrogens (tertiary/aromatic N) is 2. The van der Waals surface area contributed by atoms with Crippen LogP contribution in [-0.2, 0) is 6.54 Å². The van der Waals surface area contributed by atoms with Gasteiger partial charge in [0, 0.05) is 41.8 Å². The summed E-state index contributed by atoms with van der Waals surface area (Å²) in [5, 5.41) is 0. The zero-order valence-electron chi connectivity index (χ0n) is 12.3. The van der Waals surface area contributed by atoms with Gasteiger partial charge in [-0.05, 0) is 44.5 Å². The van der Waals surface area contributed by atoms with Crippen LogP contribution in [-0.4, -0.2) is 49.1 Å². The summed E-state index contributed by atoms with van der Waals surface area (Å²) in [5.41, 5.74) is 1.28. The Hall–Kier alpha value is -0.580. The molecule has 0 aromatic heterocycles. The fourth-order valence-corrected chi connectivity index (χ4v) is 4.04. The van der Waals surface area contributed by atoms with Crippen LogP contribution in [0.25, 0.3) is 0 Å². The van der Waals surface area contributed by atoms with Crippen molar-refractivity contribution < 1.29 is 4.74 Å².